The van der Waals surface area contributed by atoms with E-state index in [0.717, 1.165) is 11.1 Å². The SMILES string of the molecule is CC(Cc1c(O)[nH]c(O)c1CC(C)c1ccccc1)c1ccccc1. The molecule has 2 atom stereocenters. The molecule has 0 spiro atoms. The van der Waals surface area contributed by atoms with Gasteiger partial charge in [0.05, 0.1) is 0 Å². The van der Waals surface area contributed by atoms with Gasteiger partial charge in [-0.1, -0.05) is 74.5 Å². The summed E-state index contributed by atoms with van der Waals surface area (Å²) in [6.45, 7) is 4.28. The number of hydrogen-bond acceptors (Lipinski definition) is 2. The van der Waals surface area contributed by atoms with Gasteiger partial charge in [0.25, 0.3) is 0 Å². The second kappa shape index (κ2) is 7.47. The lowest BCUT2D eigenvalue weighted by molar-refractivity contribution is 0.420. The second-order valence-electron chi connectivity index (χ2n) is 6.81. The lowest BCUT2D eigenvalue weighted by Crippen LogP contribution is -2.03. The fourth-order valence-electron chi connectivity index (χ4n) is 3.40. The van der Waals surface area contributed by atoms with E-state index in [9.17, 15) is 10.2 Å². The van der Waals surface area contributed by atoms with E-state index in [1.807, 2.05) is 36.4 Å². The highest BCUT2D eigenvalue weighted by molar-refractivity contribution is 5.45. The molecule has 3 aromatic rings. The molecule has 1 aromatic heterocycles. The Labute approximate surface area is 149 Å². The van der Waals surface area contributed by atoms with Gasteiger partial charge in [0.2, 0.25) is 0 Å². The van der Waals surface area contributed by atoms with E-state index in [0.29, 0.717) is 12.8 Å². The minimum absolute atomic E-state index is 0.0792. The van der Waals surface area contributed by atoms with Crippen LogP contribution >= 0.6 is 0 Å². The minimum atomic E-state index is 0.0792. The molecule has 0 bridgehead atoms. The monoisotopic (exact) mass is 335 g/mol. The van der Waals surface area contributed by atoms with Gasteiger partial charge in [0, 0.05) is 11.1 Å². The molecule has 2 unspecified atom stereocenters. The first kappa shape index (κ1) is 17.2. The molecule has 3 nitrogen and oxygen atoms in total. The van der Waals surface area contributed by atoms with Crippen molar-refractivity contribution in [1.29, 1.82) is 0 Å². The normalized spacial score (nSPS) is 13.5. The molecule has 0 aliphatic heterocycles. The fourth-order valence-corrected chi connectivity index (χ4v) is 3.40. The van der Waals surface area contributed by atoms with Crippen LogP contribution in [0, 0.1) is 0 Å². The van der Waals surface area contributed by atoms with Crippen LogP contribution in [0.15, 0.2) is 60.7 Å². The highest BCUT2D eigenvalue weighted by Crippen LogP contribution is 2.36. The zero-order chi connectivity index (χ0) is 17.8. The van der Waals surface area contributed by atoms with Gasteiger partial charge < -0.3 is 10.2 Å². The average Bonchev–Trinajstić information content (AvgIpc) is 2.90. The molecular weight excluding hydrogens is 310 g/mol. The zero-order valence-electron chi connectivity index (χ0n) is 14.7. The van der Waals surface area contributed by atoms with Crippen molar-refractivity contribution in [3.05, 3.63) is 82.9 Å². The Morgan fingerprint density at radius 1 is 0.680 bits per heavy atom. The van der Waals surface area contributed by atoms with Gasteiger partial charge in [-0.3, -0.25) is 4.98 Å². The summed E-state index contributed by atoms with van der Waals surface area (Å²) in [4.78, 5) is 2.70. The van der Waals surface area contributed by atoms with E-state index in [4.69, 9.17) is 0 Å². The smallest absolute Gasteiger partial charge is 0.194 e. The van der Waals surface area contributed by atoms with Gasteiger partial charge >= 0.3 is 0 Å². The number of rotatable bonds is 6. The van der Waals surface area contributed by atoms with Crippen LogP contribution in [0.5, 0.6) is 11.8 Å². The van der Waals surface area contributed by atoms with Crippen molar-refractivity contribution >= 4 is 0 Å². The molecule has 3 heteroatoms. The molecule has 1 heterocycles. The largest absolute Gasteiger partial charge is 0.494 e. The van der Waals surface area contributed by atoms with Gasteiger partial charge in [0.1, 0.15) is 0 Å². The summed E-state index contributed by atoms with van der Waals surface area (Å²) < 4.78 is 0. The van der Waals surface area contributed by atoms with Crippen molar-refractivity contribution in [3.8, 4) is 11.8 Å². The third kappa shape index (κ3) is 3.87. The van der Waals surface area contributed by atoms with Crippen molar-refractivity contribution in [2.24, 2.45) is 0 Å². The molecule has 3 rings (SSSR count). The maximum absolute atomic E-state index is 10.3. The van der Waals surface area contributed by atoms with E-state index in [-0.39, 0.29) is 23.6 Å². The Bertz CT molecular complexity index is 741. The fraction of sp³-hybridized carbons (Fsp3) is 0.273. The van der Waals surface area contributed by atoms with Gasteiger partial charge in [-0.15, -0.1) is 0 Å². The maximum Gasteiger partial charge on any atom is 0.194 e. The number of nitrogens with one attached hydrogen (secondary N) is 1. The van der Waals surface area contributed by atoms with Gasteiger partial charge in [-0.2, -0.15) is 0 Å². The Kier molecular flexibility index (Phi) is 5.13. The molecule has 130 valence electrons. The molecule has 3 N–H and O–H groups in total. The Balaban J connectivity index is 1.83. The van der Waals surface area contributed by atoms with E-state index < -0.39 is 0 Å². The quantitative estimate of drug-likeness (QED) is 0.586. The van der Waals surface area contributed by atoms with Crippen LogP contribution in [-0.4, -0.2) is 15.2 Å². The molecule has 2 aromatic carbocycles. The molecule has 0 amide bonds. The van der Waals surface area contributed by atoms with Crippen molar-refractivity contribution in [3.63, 3.8) is 0 Å². The molecule has 0 saturated heterocycles. The first-order valence-corrected chi connectivity index (χ1v) is 8.77. The number of aromatic nitrogens is 1. The summed E-state index contributed by atoms with van der Waals surface area (Å²) in [5.74, 6) is 0.673. The minimum Gasteiger partial charge on any atom is -0.494 e. The van der Waals surface area contributed by atoms with Crippen LogP contribution in [0.4, 0.5) is 0 Å². The van der Waals surface area contributed by atoms with Crippen LogP contribution in [0.2, 0.25) is 0 Å². The first-order valence-electron chi connectivity index (χ1n) is 8.77. The van der Waals surface area contributed by atoms with Gasteiger partial charge in [-0.25, -0.2) is 0 Å². The summed E-state index contributed by atoms with van der Waals surface area (Å²) >= 11 is 0. The molecule has 0 fully saturated rings. The lowest BCUT2D eigenvalue weighted by Gasteiger charge is -2.15. The Morgan fingerprint density at radius 3 is 1.40 bits per heavy atom. The van der Waals surface area contributed by atoms with Gasteiger partial charge in [0.15, 0.2) is 11.8 Å². The molecule has 0 radical (unpaired) electrons. The van der Waals surface area contributed by atoms with Crippen molar-refractivity contribution in [2.75, 3.05) is 0 Å². The summed E-state index contributed by atoms with van der Waals surface area (Å²) in [6, 6.07) is 20.5. The number of benzene rings is 2. The van der Waals surface area contributed by atoms with Gasteiger partial charge in [-0.05, 0) is 35.8 Å². The van der Waals surface area contributed by atoms with Crippen LogP contribution in [0.3, 0.4) is 0 Å². The second-order valence-corrected chi connectivity index (χ2v) is 6.81. The van der Waals surface area contributed by atoms with Crippen LogP contribution in [0.25, 0.3) is 0 Å². The lowest BCUT2D eigenvalue weighted by atomic mass is 9.88. The van der Waals surface area contributed by atoms with E-state index >= 15 is 0 Å². The van der Waals surface area contributed by atoms with Crippen molar-refractivity contribution < 1.29 is 10.2 Å². The summed E-state index contributed by atoms with van der Waals surface area (Å²) in [5.41, 5.74) is 4.09. The third-order valence-corrected chi connectivity index (χ3v) is 4.93. The van der Waals surface area contributed by atoms with Crippen LogP contribution < -0.4 is 0 Å². The molecular formula is C22H25NO2. The molecule has 0 aliphatic carbocycles. The molecule has 25 heavy (non-hydrogen) atoms. The van der Waals surface area contributed by atoms with E-state index in [2.05, 4.69) is 43.1 Å². The standard InChI is InChI=1S/C22H25NO2/c1-15(17-9-5-3-6-10-17)13-19-20(22(25)23-21(19)24)14-16(2)18-11-7-4-8-12-18/h3-12,15-16,23-25H,13-14H2,1-2H3. The molecule has 0 aliphatic rings. The Morgan fingerprint density at radius 2 is 1.04 bits per heavy atom. The average molecular weight is 335 g/mol. The van der Waals surface area contributed by atoms with Crippen molar-refractivity contribution in [1.82, 2.24) is 4.98 Å². The highest BCUT2D eigenvalue weighted by Gasteiger charge is 2.21. The number of H-pyrrole nitrogens is 1. The van der Waals surface area contributed by atoms with E-state index in [1.54, 1.807) is 0 Å². The topological polar surface area (TPSA) is 56.2 Å². The van der Waals surface area contributed by atoms with E-state index in [1.165, 1.54) is 11.1 Å². The van der Waals surface area contributed by atoms with Crippen molar-refractivity contribution in [2.45, 2.75) is 38.5 Å². The summed E-state index contributed by atoms with van der Waals surface area (Å²) in [6.07, 6.45) is 1.37. The molecule has 0 saturated carbocycles. The predicted octanol–water partition coefficient (Wildman–Crippen LogP) is 5.12. The zero-order valence-corrected chi connectivity index (χ0v) is 14.7. The predicted molar refractivity (Wildman–Crippen MR) is 101 cm³/mol. The maximum atomic E-state index is 10.3. The first-order chi connectivity index (χ1) is 12.1. The highest BCUT2D eigenvalue weighted by atomic mass is 16.3. The van der Waals surface area contributed by atoms with Crippen LogP contribution in [-0.2, 0) is 12.8 Å². The number of hydrogen-bond donors (Lipinski definition) is 3. The Hall–Kier alpha value is -2.68. The summed E-state index contributed by atoms with van der Waals surface area (Å²) in [5, 5.41) is 20.6. The summed E-state index contributed by atoms with van der Waals surface area (Å²) in [7, 11) is 0. The number of aromatic hydroxyl groups is 2. The number of aromatic amines is 1. The third-order valence-electron chi connectivity index (χ3n) is 4.93. The van der Waals surface area contributed by atoms with Crippen LogP contribution in [0.1, 0.15) is 47.9 Å².